The van der Waals surface area contributed by atoms with Crippen molar-refractivity contribution in [2.24, 2.45) is 0 Å². The van der Waals surface area contributed by atoms with Gasteiger partial charge in [0.05, 0.1) is 4.92 Å². The molecule has 1 rings (SSSR count). The molecule has 0 amide bonds. The van der Waals surface area contributed by atoms with Gasteiger partial charge in [0, 0.05) is 18.1 Å². The monoisotopic (exact) mass is 193 g/mol. The number of nitro groups is 1. The van der Waals surface area contributed by atoms with Gasteiger partial charge in [-0.25, -0.2) is 0 Å². The lowest BCUT2D eigenvalue weighted by Crippen LogP contribution is -1.96. The summed E-state index contributed by atoms with van der Waals surface area (Å²) >= 11 is 0. The summed E-state index contributed by atoms with van der Waals surface area (Å²) in [6.07, 6.45) is 1.72. The Labute approximate surface area is 81.6 Å². The van der Waals surface area contributed by atoms with Gasteiger partial charge in [0.2, 0.25) is 5.70 Å². The Balaban J connectivity index is 3.07. The molecule has 0 saturated carbocycles. The summed E-state index contributed by atoms with van der Waals surface area (Å²) in [6.45, 7) is 1.70. The molecule has 0 radical (unpaired) electrons. The van der Waals surface area contributed by atoms with Gasteiger partial charge in [-0.05, 0) is 6.07 Å². The van der Waals surface area contributed by atoms with Crippen LogP contribution in [0.2, 0.25) is 0 Å². The summed E-state index contributed by atoms with van der Waals surface area (Å²) in [6, 6.07) is 6.52. The standard InChI is InChI=1S/C10H11NO3/c1-2-9(11(13)14)7-8-5-3-4-6-10(8)12/h3-7,12H,2H2,1H3. The molecule has 4 heteroatoms. The van der Waals surface area contributed by atoms with E-state index in [0.717, 1.165) is 0 Å². The van der Waals surface area contributed by atoms with Crippen molar-refractivity contribution >= 4 is 6.08 Å². The fourth-order valence-corrected chi connectivity index (χ4v) is 1.07. The third-order valence-electron chi connectivity index (χ3n) is 1.86. The average molecular weight is 193 g/mol. The number of rotatable bonds is 3. The molecule has 0 bridgehead atoms. The molecule has 74 valence electrons. The molecule has 1 N–H and O–H groups in total. The van der Waals surface area contributed by atoms with Gasteiger partial charge in [-0.1, -0.05) is 25.1 Å². The lowest BCUT2D eigenvalue weighted by Gasteiger charge is -1.98. The number of phenols is 1. The van der Waals surface area contributed by atoms with Crippen LogP contribution in [0.15, 0.2) is 30.0 Å². The molecule has 0 aliphatic heterocycles. The van der Waals surface area contributed by atoms with E-state index in [4.69, 9.17) is 0 Å². The third kappa shape index (κ3) is 2.32. The maximum absolute atomic E-state index is 10.5. The van der Waals surface area contributed by atoms with Crippen LogP contribution in [0.4, 0.5) is 0 Å². The SMILES string of the molecule is CCC(=Cc1ccccc1O)[N+](=O)[O-]. The molecule has 0 saturated heterocycles. The Hall–Kier alpha value is -1.84. The van der Waals surface area contributed by atoms with Crippen LogP contribution < -0.4 is 0 Å². The van der Waals surface area contributed by atoms with Crippen molar-refractivity contribution in [3.05, 3.63) is 45.6 Å². The molecule has 0 aliphatic carbocycles. The fraction of sp³-hybridized carbons (Fsp3) is 0.200. The molecule has 0 aliphatic rings. The van der Waals surface area contributed by atoms with Gasteiger partial charge in [0.15, 0.2) is 0 Å². The fourth-order valence-electron chi connectivity index (χ4n) is 1.07. The Morgan fingerprint density at radius 3 is 2.71 bits per heavy atom. The number of benzene rings is 1. The number of aromatic hydroxyl groups is 1. The number of nitrogens with zero attached hydrogens (tertiary/aromatic N) is 1. The minimum Gasteiger partial charge on any atom is -0.507 e. The quantitative estimate of drug-likeness (QED) is 0.592. The highest BCUT2D eigenvalue weighted by Gasteiger charge is 2.08. The van der Waals surface area contributed by atoms with Crippen LogP contribution in [0, 0.1) is 10.1 Å². The molecule has 0 fully saturated rings. The zero-order chi connectivity index (χ0) is 10.6. The van der Waals surface area contributed by atoms with E-state index in [1.54, 1.807) is 25.1 Å². The first-order chi connectivity index (χ1) is 6.65. The average Bonchev–Trinajstić information content (AvgIpc) is 2.16. The molecule has 0 aromatic heterocycles. The van der Waals surface area contributed by atoms with Gasteiger partial charge in [-0.3, -0.25) is 10.1 Å². The summed E-state index contributed by atoms with van der Waals surface area (Å²) in [7, 11) is 0. The molecule has 0 unspecified atom stereocenters. The Morgan fingerprint density at radius 1 is 1.57 bits per heavy atom. The van der Waals surface area contributed by atoms with Gasteiger partial charge in [-0.2, -0.15) is 0 Å². The predicted molar refractivity (Wildman–Crippen MR) is 53.4 cm³/mol. The van der Waals surface area contributed by atoms with E-state index in [0.29, 0.717) is 12.0 Å². The van der Waals surface area contributed by atoms with E-state index >= 15 is 0 Å². The van der Waals surface area contributed by atoms with E-state index in [-0.39, 0.29) is 11.4 Å². The molecule has 14 heavy (non-hydrogen) atoms. The van der Waals surface area contributed by atoms with E-state index in [2.05, 4.69) is 0 Å². The first-order valence-electron chi connectivity index (χ1n) is 4.28. The molecular formula is C10H11NO3. The Morgan fingerprint density at radius 2 is 2.21 bits per heavy atom. The van der Waals surface area contributed by atoms with E-state index in [9.17, 15) is 15.2 Å². The lowest BCUT2D eigenvalue weighted by molar-refractivity contribution is -0.425. The summed E-state index contributed by atoms with van der Waals surface area (Å²) in [5, 5.41) is 19.9. The van der Waals surface area contributed by atoms with Crippen LogP contribution in [0.1, 0.15) is 18.9 Å². The summed E-state index contributed by atoms with van der Waals surface area (Å²) in [4.78, 5) is 10.1. The largest absolute Gasteiger partial charge is 0.507 e. The minimum atomic E-state index is -0.438. The van der Waals surface area contributed by atoms with Crippen LogP contribution in [-0.4, -0.2) is 10.0 Å². The third-order valence-corrected chi connectivity index (χ3v) is 1.86. The van der Waals surface area contributed by atoms with Crippen molar-refractivity contribution in [3.63, 3.8) is 0 Å². The van der Waals surface area contributed by atoms with E-state index in [1.807, 2.05) is 0 Å². The van der Waals surface area contributed by atoms with E-state index < -0.39 is 4.92 Å². The van der Waals surface area contributed by atoms with Crippen molar-refractivity contribution < 1.29 is 10.0 Å². The normalized spacial score (nSPS) is 11.4. The highest BCUT2D eigenvalue weighted by atomic mass is 16.6. The zero-order valence-corrected chi connectivity index (χ0v) is 7.80. The minimum absolute atomic E-state index is 0.0558. The molecule has 0 heterocycles. The number of phenolic OH excluding ortho intramolecular Hbond substituents is 1. The Bertz CT molecular complexity index is 371. The lowest BCUT2D eigenvalue weighted by atomic mass is 10.1. The van der Waals surface area contributed by atoms with Crippen molar-refractivity contribution in [1.29, 1.82) is 0 Å². The number of hydrogen-bond donors (Lipinski definition) is 1. The van der Waals surface area contributed by atoms with Crippen molar-refractivity contribution in [2.45, 2.75) is 13.3 Å². The van der Waals surface area contributed by atoms with Crippen molar-refractivity contribution in [2.75, 3.05) is 0 Å². The van der Waals surface area contributed by atoms with Crippen LogP contribution >= 0.6 is 0 Å². The zero-order valence-electron chi connectivity index (χ0n) is 7.80. The van der Waals surface area contributed by atoms with Crippen LogP contribution in [0.3, 0.4) is 0 Å². The number of para-hydroxylation sites is 1. The topological polar surface area (TPSA) is 63.4 Å². The smallest absolute Gasteiger partial charge is 0.246 e. The second-order valence-corrected chi connectivity index (χ2v) is 2.81. The second-order valence-electron chi connectivity index (χ2n) is 2.81. The van der Waals surface area contributed by atoms with Gasteiger partial charge in [-0.15, -0.1) is 0 Å². The van der Waals surface area contributed by atoms with Gasteiger partial charge < -0.3 is 5.11 Å². The van der Waals surface area contributed by atoms with Crippen LogP contribution in [0.25, 0.3) is 6.08 Å². The van der Waals surface area contributed by atoms with E-state index in [1.165, 1.54) is 12.1 Å². The van der Waals surface area contributed by atoms with Crippen molar-refractivity contribution in [1.82, 2.24) is 0 Å². The maximum Gasteiger partial charge on any atom is 0.246 e. The summed E-state index contributed by atoms with van der Waals surface area (Å²) < 4.78 is 0. The molecule has 1 aromatic rings. The van der Waals surface area contributed by atoms with Gasteiger partial charge >= 0.3 is 0 Å². The first-order valence-corrected chi connectivity index (χ1v) is 4.28. The summed E-state index contributed by atoms with van der Waals surface area (Å²) in [5.74, 6) is 0.0558. The van der Waals surface area contributed by atoms with Crippen LogP contribution in [0.5, 0.6) is 5.75 Å². The number of allylic oxidation sites excluding steroid dienone is 1. The molecule has 1 aromatic carbocycles. The number of hydrogen-bond acceptors (Lipinski definition) is 3. The predicted octanol–water partition coefficient (Wildman–Crippen LogP) is 2.42. The maximum atomic E-state index is 10.5. The van der Waals surface area contributed by atoms with Gasteiger partial charge in [0.25, 0.3) is 0 Å². The molecule has 0 atom stereocenters. The van der Waals surface area contributed by atoms with Gasteiger partial charge in [0.1, 0.15) is 5.75 Å². The van der Waals surface area contributed by atoms with Crippen LogP contribution in [-0.2, 0) is 0 Å². The molecule has 0 spiro atoms. The highest BCUT2D eigenvalue weighted by Crippen LogP contribution is 2.19. The van der Waals surface area contributed by atoms with Crippen molar-refractivity contribution in [3.8, 4) is 5.75 Å². The second kappa shape index (κ2) is 4.41. The summed E-state index contributed by atoms with van der Waals surface area (Å²) in [5.41, 5.74) is 0.563. The Kier molecular flexibility index (Phi) is 3.23. The first kappa shape index (κ1) is 10.2. The molecular weight excluding hydrogens is 182 g/mol. The molecule has 4 nitrogen and oxygen atoms in total. The highest BCUT2D eigenvalue weighted by molar-refractivity contribution is 5.57.